The fraction of sp³-hybridized carbons (Fsp3) is 0.389. The van der Waals surface area contributed by atoms with E-state index in [4.69, 9.17) is 23.2 Å². The summed E-state index contributed by atoms with van der Waals surface area (Å²) < 4.78 is 25.3. The second kappa shape index (κ2) is 9.34. The van der Waals surface area contributed by atoms with Crippen LogP contribution in [0.25, 0.3) is 0 Å². The molecule has 2 aromatic rings. The molecule has 0 spiro atoms. The molecule has 0 unspecified atom stereocenters. The van der Waals surface area contributed by atoms with Crippen molar-refractivity contribution in [3.05, 3.63) is 45.7 Å². The largest absolute Gasteiger partial charge is 0.348 e. The number of nitrogens with one attached hydrogen (secondary N) is 3. The van der Waals surface area contributed by atoms with Crippen LogP contribution >= 0.6 is 23.2 Å². The maximum Gasteiger partial charge on any atom is 0.274 e. The van der Waals surface area contributed by atoms with Crippen LogP contribution in [0.2, 0.25) is 10.0 Å². The van der Waals surface area contributed by atoms with E-state index in [9.17, 15) is 18.0 Å². The Bertz CT molecular complexity index is 1030. The molecular weight excluding hydrogens is 453 g/mol. The van der Waals surface area contributed by atoms with Gasteiger partial charge in [0.05, 0.1) is 27.0 Å². The number of anilines is 1. The van der Waals surface area contributed by atoms with E-state index in [2.05, 4.69) is 20.8 Å². The molecule has 3 rings (SSSR count). The molecule has 2 heterocycles. The summed E-state index contributed by atoms with van der Waals surface area (Å²) in [7, 11) is -3.24. The number of benzene rings is 1. The summed E-state index contributed by atoms with van der Waals surface area (Å²) in [5.74, 6) is -0.997. The van der Waals surface area contributed by atoms with E-state index >= 15 is 0 Å². The molecule has 1 aliphatic rings. The summed E-state index contributed by atoms with van der Waals surface area (Å²) in [5, 5.41) is 12.3. The molecule has 162 valence electrons. The number of rotatable bonds is 6. The highest BCUT2D eigenvalue weighted by Gasteiger charge is 2.28. The van der Waals surface area contributed by atoms with Crippen LogP contribution in [0, 0.1) is 0 Å². The summed E-state index contributed by atoms with van der Waals surface area (Å²) in [6.45, 7) is 2.29. The number of amides is 2. The van der Waals surface area contributed by atoms with Crippen LogP contribution in [0.3, 0.4) is 0 Å². The Kier molecular flexibility index (Phi) is 7.02. The van der Waals surface area contributed by atoms with Gasteiger partial charge >= 0.3 is 0 Å². The maximum absolute atomic E-state index is 12.7. The van der Waals surface area contributed by atoms with Gasteiger partial charge < -0.3 is 10.6 Å². The second-order valence-electron chi connectivity index (χ2n) is 6.75. The molecule has 1 aromatic carbocycles. The van der Waals surface area contributed by atoms with Gasteiger partial charge in [0.15, 0.2) is 5.69 Å². The van der Waals surface area contributed by atoms with E-state index in [0.29, 0.717) is 25.9 Å². The molecule has 1 aromatic heterocycles. The molecule has 3 N–H and O–H groups in total. The minimum absolute atomic E-state index is 0.00938. The van der Waals surface area contributed by atoms with Crippen LogP contribution in [-0.4, -0.2) is 59.6 Å². The monoisotopic (exact) mass is 473 g/mol. The Morgan fingerprint density at radius 1 is 1.20 bits per heavy atom. The Morgan fingerprint density at radius 2 is 1.83 bits per heavy atom. The van der Waals surface area contributed by atoms with E-state index in [1.54, 1.807) is 13.0 Å². The molecule has 12 heteroatoms. The van der Waals surface area contributed by atoms with E-state index < -0.39 is 21.8 Å². The third-order valence-corrected chi connectivity index (χ3v) is 7.35. The Balaban J connectivity index is 1.64. The highest BCUT2D eigenvalue weighted by molar-refractivity contribution is 7.89. The molecule has 1 aliphatic heterocycles. The van der Waals surface area contributed by atoms with Gasteiger partial charge in [-0.2, -0.15) is 5.10 Å². The number of hydrogen-bond donors (Lipinski definition) is 3. The quantitative estimate of drug-likeness (QED) is 0.594. The zero-order valence-electron chi connectivity index (χ0n) is 16.1. The smallest absolute Gasteiger partial charge is 0.274 e. The molecule has 0 aliphatic carbocycles. The molecule has 0 bridgehead atoms. The summed E-state index contributed by atoms with van der Waals surface area (Å²) in [4.78, 5) is 25.2. The number of piperidine rings is 1. The lowest BCUT2D eigenvalue weighted by atomic mass is 10.1. The molecule has 1 fully saturated rings. The average molecular weight is 474 g/mol. The first-order chi connectivity index (χ1) is 14.2. The van der Waals surface area contributed by atoms with Crippen molar-refractivity contribution in [1.82, 2.24) is 19.8 Å². The van der Waals surface area contributed by atoms with Crippen molar-refractivity contribution in [3.63, 3.8) is 0 Å². The zero-order chi connectivity index (χ0) is 21.9. The van der Waals surface area contributed by atoms with E-state index in [0.717, 1.165) is 0 Å². The molecule has 0 saturated carbocycles. The van der Waals surface area contributed by atoms with Crippen LogP contribution in [0.5, 0.6) is 0 Å². The lowest BCUT2D eigenvalue weighted by Crippen LogP contribution is -2.47. The fourth-order valence-corrected chi connectivity index (χ4v) is 4.87. The summed E-state index contributed by atoms with van der Waals surface area (Å²) >= 11 is 12.1. The van der Waals surface area contributed by atoms with Crippen LogP contribution in [-0.2, 0) is 10.0 Å². The minimum Gasteiger partial charge on any atom is -0.348 e. The molecule has 30 heavy (non-hydrogen) atoms. The van der Waals surface area contributed by atoms with Crippen LogP contribution in [0.4, 0.5) is 5.69 Å². The minimum atomic E-state index is -3.24. The number of aromatic amines is 1. The number of halogens is 2. The number of carbonyl (C=O) groups is 2. The topological polar surface area (TPSA) is 124 Å². The Morgan fingerprint density at radius 3 is 2.43 bits per heavy atom. The Labute approximate surface area is 184 Å². The SMILES string of the molecule is CCS(=O)(=O)N1CCC(NC(=O)c2n[nH]cc2NC(=O)c2c(Cl)cccc2Cl)CC1. The number of nitrogens with zero attached hydrogens (tertiary/aromatic N) is 2. The van der Waals surface area contributed by atoms with Crippen molar-refractivity contribution in [2.45, 2.75) is 25.8 Å². The summed E-state index contributed by atoms with van der Waals surface area (Å²) in [6.07, 6.45) is 2.37. The normalized spacial score (nSPS) is 15.7. The van der Waals surface area contributed by atoms with Gasteiger partial charge in [0.2, 0.25) is 10.0 Å². The van der Waals surface area contributed by atoms with Gasteiger partial charge in [-0.3, -0.25) is 14.7 Å². The Hall–Kier alpha value is -2.14. The number of sulfonamides is 1. The first-order valence-electron chi connectivity index (χ1n) is 9.30. The number of carbonyl (C=O) groups excluding carboxylic acids is 2. The van der Waals surface area contributed by atoms with Gasteiger partial charge in [-0.15, -0.1) is 0 Å². The van der Waals surface area contributed by atoms with Crippen LogP contribution in [0.1, 0.15) is 40.6 Å². The zero-order valence-corrected chi connectivity index (χ0v) is 18.4. The maximum atomic E-state index is 12.7. The fourth-order valence-electron chi connectivity index (χ4n) is 3.17. The first-order valence-corrected chi connectivity index (χ1v) is 11.7. The van der Waals surface area contributed by atoms with Crippen molar-refractivity contribution in [2.24, 2.45) is 0 Å². The molecule has 0 atom stereocenters. The van der Waals surface area contributed by atoms with Crippen molar-refractivity contribution >= 4 is 50.7 Å². The van der Waals surface area contributed by atoms with Gasteiger partial charge in [0.1, 0.15) is 0 Å². The van der Waals surface area contributed by atoms with Crippen LogP contribution in [0.15, 0.2) is 24.4 Å². The lowest BCUT2D eigenvalue weighted by molar-refractivity contribution is 0.0919. The van der Waals surface area contributed by atoms with E-state index in [1.165, 1.54) is 22.6 Å². The number of aromatic nitrogens is 2. The van der Waals surface area contributed by atoms with Gasteiger partial charge in [-0.05, 0) is 31.9 Å². The van der Waals surface area contributed by atoms with Gasteiger partial charge in [0.25, 0.3) is 11.8 Å². The van der Waals surface area contributed by atoms with Crippen LogP contribution < -0.4 is 10.6 Å². The molecular formula is C18H21Cl2N5O4S. The number of H-pyrrole nitrogens is 1. The van der Waals surface area contributed by atoms with Gasteiger partial charge in [0, 0.05) is 25.3 Å². The van der Waals surface area contributed by atoms with E-state index in [1.807, 2.05) is 0 Å². The van der Waals surface area contributed by atoms with Crippen molar-refractivity contribution in [2.75, 3.05) is 24.2 Å². The molecule has 0 radical (unpaired) electrons. The third-order valence-electron chi connectivity index (χ3n) is 4.84. The van der Waals surface area contributed by atoms with Gasteiger partial charge in [-0.25, -0.2) is 12.7 Å². The lowest BCUT2D eigenvalue weighted by Gasteiger charge is -2.31. The third kappa shape index (κ3) is 4.94. The van der Waals surface area contributed by atoms with Crippen molar-refractivity contribution < 1.29 is 18.0 Å². The second-order valence-corrected chi connectivity index (χ2v) is 9.82. The van der Waals surface area contributed by atoms with Crippen molar-refractivity contribution in [1.29, 1.82) is 0 Å². The summed E-state index contributed by atoms with van der Waals surface area (Å²) in [5.41, 5.74) is 0.285. The molecule has 1 saturated heterocycles. The number of hydrogen-bond acceptors (Lipinski definition) is 5. The van der Waals surface area contributed by atoms with Crippen molar-refractivity contribution in [3.8, 4) is 0 Å². The summed E-state index contributed by atoms with van der Waals surface area (Å²) in [6, 6.07) is 4.50. The predicted octanol–water partition coefficient (Wildman–Crippen LogP) is 2.51. The highest BCUT2D eigenvalue weighted by Crippen LogP contribution is 2.26. The van der Waals surface area contributed by atoms with E-state index in [-0.39, 0.29) is 38.8 Å². The molecule has 2 amide bonds. The highest BCUT2D eigenvalue weighted by atomic mass is 35.5. The first kappa shape index (κ1) is 22.5. The average Bonchev–Trinajstić information content (AvgIpc) is 3.16. The predicted molar refractivity (Wildman–Crippen MR) is 115 cm³/mol. The van der Waals surface area contributed by atoms with Gasteiger partial charge in [-0.1, -0.05) is 29.3 Å². The standard InChI is InChI=1S/C18H21Cl2N5O4S/c1-2-30(28,29)25-8-6-11(7-9-25)22-18(27)16-14(10-21-24-16)23-17(26)15-12(19)4-3-5-13(15)20/h3-5,10-11H,2,6-9H2,1H3,(H,21,24)(H,22,27)(H,23,26). The molecule has 9 nitrogen and oxygen atoms in total.